The van der Waals surface area contributed by atoms with Crippen LogP contribution in [0.15, 0.2) is 54.6 Å². The second-order valence-electron chi connectivity index (χ2n) is 5.57. The molecule has 3 heteroatoms. The van der Waals surface area contributed by atoms with Gasteiger partial charge in [0.1, 0.15) is 11.5 Å². The van der Waals surface area contributed by atoms with Crippen LogP contribution >= 0.6 is 12.4 Å². The van der Waals surface area contributed by atoms with E-state index in [-0.39, 0.29) is 18.4 Å². The first kappa shape index (κ1) is 17.5. The summed E-state index contributed by atoms with van der Waals surface area (Å²) < 4.78 is 5.84. The summed E-state index contributed by atoms with van der Waals surface area (Å²) in [6.07, 6.45) is 2.15. The summed E-state index contributed by atoms with van der Waals surface area (Å²) in [5.74, 6) is 2.37. The van der Waals surface area contributed by atoms with Crippen molar-refractivity contribution in [1.29, 1.82) is 0 Å². The topological polar surface area (TPSA) is 35.2 Å². The van der Waals surface area contributed by atoms with Crippen molar-refractivity contribution in [3.63, 3.8) is 0 Å². The predicted octanol–water partition coefficient (Wildman–Crippen LogP) is 5.34. The molecule has 0 aliphatic rings. The van der Waals surface area contributed by atoms with Crippen LogP contribution in [0.25, 0.3) is 0 Å². The number of rotatable bonds is 6. The Hall–Kier alpha value is -1.51. The molecular formula is C18H24ClNO. The Morgan fingerprint density at radius 1 is 0.905 bits per heavy atom. The zero-order chi connectivity index (χ0) is 14.4. The molecule has 0 fully saturated rings. The number of halogens is 1. The molecule has 0 amide bonds. The van der Waals surface area contributed by atoms with Gasteiger partial charge in [0, 0.05) is 6.04 Å². The van der Waals surface area contributed by atoms with Crippen LogP contribution in [0.5, 0.6) is 11.5 Å². The van der Waals surface area contributed by atoms with E-state index in [0.717, 1.165) is 29.9 Å². The first-order chi connectivity index (χ1) is 9.65. The highest BCUT2D eigenvalue weighted by atomic mass is 35.5. The highest BCUT2D eigenvalue weighted by Crippen LogP contribution is 2.25. The highest BCUT2D eigenvalue weighted by Gasteiger charge is 2.08. The zero-order valence-corrected chi connectivity index (χ0v) is 13.5. The third-order valence-corrected chi connectivity index (χ3v) is 3.32. The van der Waals surface area contributed by atoms with Crippen molar-refractivity contribution >= 4 is 12.4 Å². The first-order valence-electron chi connectivity index (χ1n) is 7.23. The Bertz CT molecular complexity index is 528. The van der Waals surface area contributed by atoms with Crippen molar-refractivity contribution in [2.75, 3.05) is 0 Å². The monoisotopic (exact) mass is 305 g/mol. The fraction of sp³-hybridized carbons (Fsp3) is 0.333. The highest BCUT2D eigenvalue weighted by molar-refractivity contribution is 5.85. The minimum atomic E-state index is 0. The third kappa shape index (κ3) is 5.78. The minimum absolute atomic E-state index is 0. The van der Waals surface area contributed by atoms with Gasteiger partial charge in [-0.2, -0.15) is 0 Å². The molecule has 1 atom stereocenters. The standard InChI is InChI=1S/C18H23NO.ClH/c1-14(2)11-12-18(19)15-7-6-10-17(13-15)20-16-8-4-3-5-9-16;/h3-10,13-14,18H,11-12,19H2,1-2H3;1H/t18-;/m1./s1. The quantitative estimate of drug-likeness (QED) is 0.782. The normalized spacial score (nSPS) is 11.8. The second-order valence-corrected chi connectivity index (χ2v) is 5.57. The Morgan fingerprint density at radius 3 is 2.24 bits per heavy atom. The van der Waals surface area contributed by atoms with E-state index in [4.69, 9.17) is 10.5 Å². The van der Waals surface area contributed by atoms with Gasteiger partial charge in [-0.15, -0.1) is 12.4 Å². The molecule has 0 aliphatic heterocycles. The molecule has 0 saturated heterocycles. The van der Waals surface area contributed by atoms with E-state index < -0.39 is 0 Å². The van der Waals surface area contributed by atoms with Gasteiger partial charge in [-0.3, -0.25) is 0 Å². The van der Waals surface area contributed by atoms with Crippen molar-refractivity contribution in [2.24, 2.45) is 11.7 Å². The number of nitrogens with two attached hydrogens (primary N) is 1. The van der Waals surface area contributed by atoms with Gasteiger partial charge in [0.15, 0.2) is 0 Å². The molecule has 0 spiro atoms. The fourth-order valence-electron chi connectivity index (χ4n) is 2.11. The molecule has 2 rings (SSSR count). The van der Waals surface area contributed by atoms with Crippen molar-refractivity contribution < 1.29 is 4.74 Å². The Morgan fingerprint density at radius 2 is 1.57 bits per heavy atom. The summed E-state index contributed by atoms with van der Waals surface area (Å²) in [6, 6.07) is 18.0. The molecule has 0 saturated carbocycles. The van der Waals surface area contributed by atoms with E-state index in [2.05, 4.69) is 19.9 Å². The summed E-state index contributed by atoms with van der Waals surface area (Å²) in [7, 11) is 0. The van der Waals surface area contributed by atoms with E-state index in [0.29, 0.717) is 5.92 Å². The Kier molecular flexibility index (Phi) is 7.27. The zero-order valence-electron chi connectivity index (χ0n) is 12.7. The maximum atomic E-state index is 6.25. The smallest absolute Gasteiger partial charge is 0.127 e. The molecule has 0 bridgehead atoms. The van der Waals surface area contributed by atoms with Crippen molar-refractivity contribution in [3.8, 4) is 11.5 Å². The van der Waals surface area contributed by atoms with Gasteiger partial charge in [-0.25, -0.2) is 0 Å². The lowest BCUT2D eigenvalue weighted by atomic mass is 9.98. The van der Waals surface area contributed by atoms with E-state index >= 15 is 0 Å². The molecule has 0 heterocycles. The average Bonchev–Trinajstić information content (AvgIpc) is 2.46. The van der Waals surface area contributed by atoms with Crippen molar-refractivity contribution in [2.45, 2.75) is 32.7 Å². The minimum Gasteiger partial charge on any atom is -0.457 e. The lowest BCUT2D eigenvalue weighted by Gasteiger charge is -2.15. The van der Waals surface area contributed by atoms with Gasteiger partial charge in [-0.05, 0) is 48.6 Å². The summed E-state index contributed by atoms with van der Waals surface area (Å²) in [5, 5.41) is 0. The molecular weight excluding hydrogens is 282 g/mol. The maximum Gasteiger partial charge on any atom is 0.127 e. The first-order valence-corrected chi connectivity index (χ1v) is 7.23. The summed E-state index contributed by atoms with van der Waals surface area (Å²) in [5.41, 5.74) is 7.39. The summed E-state index contributed by atoms with van der Waals surface area (Å²) in [6.45, 7) is 4.45. The number of hydrogen-bond donors (Lipinski definition) is 1. The average molecular weight is 306 g/mol. The molecule has 0 radical (unpaired) electrons. The van der Waals surface area contributed by atoms with Crippen LogP contribution in [-0.4, -0.2) is 0 Å². The van der Waals surface area contributed by atoms with E-state index in [9.17, 15) is 0 Å². The lowest BCUT2D eigenvalue weighted by molar-refractivity contribution is 0.477. The van der Waals surface area contributed by atoms with Gasteiger partial charge in [0.2, 0.25) is 0 Å². The van der Waals surface area contributed by atoms with Crippen LogP contribution in [0.1, 0.15) is 38.3 Å². The Labute approximate surface area is 133 Å². The predicted molar refractivity (Wildman–Crippen MR) is 91.2 cm³/mol. The van der Waals surface area contributed by atoms with Gasteiger partial charge in [0.25, 0.3) is 0 Å². The SMILES string of the molecule is CC(C)CC[C@@H](N)c1cccc(Oc2ccccc2)c1.Cl. The van der Waals surface area contributed by atoms with Crippen molar-refractivity contribution in [3.05, 3.63) is 60.2 Å². The van der Waals surface area contributed by atoms with Gasteiger partial charge < -0.3 is 10.5 Å². The van der Waals surface area contributed by atoms with E-state index in [1.165, 1.54) is 0 Å². The van der Waals surface area contributed by atoms with E-state index in [1.807, 2.05) is 48.5 Å². The van der Waals surface area contributed by atoms with Crippen LogP contribution in [-0.2, 0) is 0 Å². The maximum absolute atomic E-state index is 6.25. The molecule has 0 aromatic heterocycles. The third-order valence-electron chi connectivity index (χ3n) is 3.32. The molecule has 2 nitrogen and oxygen atoms in total. The second kappa shape index (κ2) is 8.71. The fourth-order valence-corrected chi connectivity index (χ4v) is 2.11. The largest absolute Gasteiger partial charge is 0.457 e. The summed E-state index contributed by atoms with van der Waals surface area (Å²) >= 11 is 0. The molecule has 2 N–H and O–H groups in total. The van der Waals surface area contributed by atoms with Crippen LogP contribution < -0.4 is 10.5 Å². The molecule has 0 unspecified atom stereocenters. The van der Waals surface area contributed by atoms with Gasteiger partial charge in [-0.1, -0.05) is 44.2 Å². The van der Waals surface area contributed by atoms with Crippen LogP contribution in [0.4, 0.5) is 0 Å². The molecule has 2 aromatic rings. The lowest BCUT2D eigenvalue weighted by Crippen LogP contribution is -2.11. The Balaban J connectivity index is 0.00000220. The number of para-hydroxylation sites is 1. The van der Waals surface area contributed by atoms with Crippen LogP contribution in [0.3, 0.4) is 0 Å². The summed E-state index contributed by atoms with van der Waals surface area (Å²) in [4.78, 5) is 0. The van der Waals surface area contributed by atoms with Crippen LogP contribution in [0.2, 0.25) is 0 Å². The van der Waals surface area contributed by atoms with Crippen molar-refractivity contribution in [1.82, 2.24) is 0 Å². The molecule has 2 aromatic carbocycles. The van der Waals surface area contributed by atoms with Gasteiger partial charge >= 0.3 is 0 Å². The molecule has 0 aliphatic carbocycles. The van der Waals surface area contributed by atoms with E-state index in [1.54, 1.807) is 0 Å². The molecule has 114 valence electrons. The van der Waals surface area contributed by atoms with Crippen LogP contribution in [0, 0.1) is 5.92 Å². The van der Waals surface area contributed by atoms with Gasteiger partial charge in [0.05, 0.1) is 0 Å². The number of hydrogen-bond acceptors (Lipinski definition) is 2. The molecule has 21 heavy (non-hydrogen) atoms. The number of ether oxygens (including phenoxy) is 1. The number of benzene rings is 2.